The van der Waals surface area contributed by atoms with Crippen LogP contribution in [0, 0.1) is 11.3 Å². The Morgan fingerprint density at radius 2 is 1.69 bits per heavy atom. The van der Waals surface area contributed by atoms with Crippen LogP contribution in [0.1, 0.15) is 46.8 Å². The largest absolute Gasteiger partial charge is 0.423 e. The highest BCUT2D eigenvalue weighted by Crippen LogP contribution is 2.17. The van der Waals surface area contributed by atoms with Crippen molar-refractivity contribution in [3.05, 3.63) is 95.1 Å². The average Bonchev–Trinajstić information content (AvgIpc) is 2.78. The van der Waals surface area contributed by atoms with E-state index in [1.54, 1.807) is 42.6 Å². The second-order valence-corrected chi connectivity index (χ2v) is 6.68. The number of esters is 1. The van der Waals surface area contributed by atoms with Crippen LogP contribution in [0.5, 0.6) is 5.75 Å². The normalized spacial score (nSPS) is 10.6. The maximum atomic E-state index is 12.2. The number of aliphatic imine (C=N–C) groups is 1. The zero-order chi connectivity index (χ0) is 20.5. The maximum Gasteiger partial charge on any atom is 0.343 e. The molecule has 0 atom stereocenters. The van der Waals surface area contributed by atoms with Gasteiger partial charge in [-0.2, -0.15) is 5.26 Å². The van der Waals surface area contributed by atoms with Gasteiger partial charge >= 0.3 is 5.97 Å². The number of rotatable bonds is 7. The predicted molar refractivity (Wildman–Crippen MR) is 115 cm³/mol. The summed E-state index contributed by atoms with van der Waals surface area (Å²) in [5.41, 5.74) is 4.05. The summed E-state index contributed by atoms with van der Waals surface area (Å²) >= 11 is 0. The molecule has 144 valence electrons. The Morgan fingerprint density at radius 3 is 2.31 bits per heavy atom. The molecule has 3 aromatic rings. The van der Waals surface area contributed by atoms with Gasteiger partial charge in [0.2, 0.25) is 0 Å². The second kappa shape index (κ2) is 10.0. The number of hydrogen-bond donors (Lipinski definition) is 0. The van der Waals surface area contributed by atoms with Crippen molar-refractivity contribution in [3.8, 4) is 11.8 Å². The molecule has 0 unspecified atom stereocenters. The Hall–Kier alpha value is -3.71. The number of nitriles is 1. The van der Waals surface area contributed by atoms with E-state index in [0.29, 0.717) is 16.9 Å². The van der Waals surface area contributed by atoms with Gasteiger partial charge in [-0.1, -0.05) is 25.5 Å². The van der Waals surface area contributed by atoms with Crippen molar-refractivity contribution in [2.75, 3.05) is 0 Å². The first-order valence-electron chi connectivity index (χ1n) is 9.63. The first kappa shape index (κ1) is 20.0. The summed E-state index contributed by atoms with van der Waals surface area (Å²) in [5, 5.41) is 8.81. The zero-order valence-corrected chi connectivity index (χ0v) is 16.3. The maximum absolute atomic E-state index is 12.2. The smallest absolute Gasteiger partial charge is 0.343 e. The number of hydrogen-bond acceptors (Lipinski definition) is 4. The molecule has 0 bridgehead atoms. The molecule has 4 heteroatoms. The Bertz CT molecular complexity index is 1010. The minimum absolute atomic E-state index is 0.400. The van der Waals surface area contributed by atoms with E-state index in [1.807, 2.05) is 30.3 Å². The molecule has 0 aliphatic rings. The standard InChI is InChI=1S/C25H22N2O2/c1-2-3-4-19-7-13-23(14-8-19)27-18-21-9-15-24(16-10-21)29-25(28)22-11-5-20(17-26)6-12-22/h5-16,18H,2-4H2,1H3. The summed E-state index contributed by atoms with van der Waals surface area (Å²) < 4.78 is 5.37. The fourth-order valence-electron chi connectivity index (χ4n) is 2.75. The van der Waals surface area contributed by atoms with Crippen LogP contribution in [0.2, 0.25) is 0 Å². The molecular weight excluding hydrogens is 360 g/mol. The lowest BCUT2D eigenvalue weighted by Gasteiger charge is -2.04. The van der Waals surface area contributed by atoms with Crippen molar-refractivity contribution in [1.82, 2.24) is 0 Å². The van der Waals surface area contributed by atoms with Crippen LogP contribution in [-0.2, 0) is 6.42 Å². The summed E-state index contributed by atoms with van der Waals surface area (Å²) in [6, 6.07) is 23.8. The van der Waals surface area contributed by atoms with E-state index in [0.717, 1.165) is 17.7 Å². The van der Waals surface area contributed by atoms with Crippen molar-refractivity contribution < 1.29 is 9.53 Å². The lowest BCUT2D eigenvalue weighted by molar-refractivity contribution is 0.0735. The monoisotopic (exact) mass is 382 g/mol. The number of carbonyl (C=O) groups excluding carboxylic acids is 1. The van der Waals surface area contributed by atoms with Crippen molar-refractivity contribution in [1.29, 1.82) is 5.26 Å². The average molecular weight is 382 g/mol. The van der Waals surface area contributed by atoms with Gasteiger partial charge in [0.1, 0.15) is 5.75 Å². The number of nitrogens with zero attached hydrogens (tertiary/aromatic N) is 2. The van der Waals surface area contributed by atoms with E-state index < -0.39 is 5.97 Å². The molecule has 0 saturated heterocycles. The fraction of sp³-hybridized carbons (Fsp3) is 0.160. The molecule has 3 aromatic carbocycles. The van der Waals surface area contributed by atoms with Crippen molar-refractivity contribution in [3.63, 3.8) is 0 Å². The van der Waals surface area contributed by atoms with Crippen LogP contribution in [0.25, 0.3) is 0 Å². The van der Waals surface area contributed by atoms with Gasteiger partial charge in [-0.05, 0) is 84.6 Å². The summed E-state index contributed by atoms with van der Waals surface area (Å²) in [4.78, 5) is 16.7. The Morgan fingerprint density at radius 1 is 1.00 bits per heavy atom. The molecule has 4 nitrogen and oxygen atoms in total. The highest BCUT2D eigenvalue weighted by Gasteiger charge is 2.08. The van der Waals surface area contributed by atoms with Crippen LogP contribution < -0.4 is 4.74 Å². The van der Waals surface area contributed by atoms with Gasteiger partial charge in [0, 0.05) is 6.21 Å². The quantitative estimate of drug-likeness (QED) is 0.292. The second-order valence-electron chi connectivity index (χ2n) is 6.68. The lowest BCUT2D eigenvalue weighted by atomic mass is 10.1. The van der Waals surface area contributed by atoms with Crippen molar-refractivity contribution >= 4 is 17.9 Å². The van der Waals surface area contributed by atoms with E-state index >= 15 is 0 Å². The van der Waals surface area contributed by atoms with Crippen molar-refractivity contribution in [2.24, 2.45) is 4.99 Å². The Balaban J connectivity index is 1.58. The van der Waals surface area contributed by atoms with E-state index in [9.17, 15) is 4.79 Å². The minimum Gasteiger partial charge on any atom is -0.423 e. The summed E-state index contributed by atoms with van der Waals surface area (Å²) in [5.74, 6) is -0.00384. The third kappa shape index (κ3) is 5.88. The van der Waals surface area contributed by atoms with Crippen LogP contribution >= 0.6 is 0 Å². The molecule has 0 aromatic heterocycles. The lowest BCUT2D eigenvalue weighted by Crippen LogP contribution is -2.08. The van der Waals surface area contributed by atoms with Crippen LogP contribution in [0.3, 0.4) is 0 Å². The molecule has 0 aliphatic heterocycles. The number of aryl methyl sites for hydroxylation is 1. The Labute approximate surface area is 171 Å². The molecule has 0 N–H and O–H groups in total. The van der Waals surface area contributed by atoms with E-state index in [1.165, 1.54) is 18.4 Å². The molecule has 0 aliphatic carbocycles. The number of benzene rings is 3. The van der Waals surface area contributed by atoms with Gasteiger partial charge in [0.25, 0.3) is 0 Å². The summed E-state index contributed by atoms with van der Waals surface area (Å²) in [7, 11) is 0. The SMILES string of the molecule is CCCCc1ccc(N=Cc2ccc(OC(=O)c3ccc(C#N)cc3)cc2)cc1. The molecule has 0 saturated carbocycles. The Kier molecular flexibility index (Phi) is 6.91. The summed E-state index contributed by atoms with van der Waals surface area (Å²) in [6.07, 6.45) is 5.28. The van der Waals surface area contributed by atoms with Gasteiger partial charge in [0.15, 0.2) is 0 Å². The molecule has 0 fully saturated rings. The zero-order valence-electron chi connectivity index (χ0n) is 16.3. The highest BCUT2D eigenvalue weighted by molar-refractivity contribution is 5.91. The molecule has 3 rings (SSSR count). The van der Waals surface area contributed by atoms with E-state index in [2.05, 4.69) is 24.0 Å². The summed E-state index contributed by atoms with van der Waals surface area (Å²) in [6.45, 7) is 2.19. The molecule has 0 radical (unpaired) electrons. The van der Waals surface area contributed by atoms with Gasteiger partial charge in [-0.3, -0.25) is 4.99 Å². The van der Waals surface area contributed by atoms with E-state index in [-0.39, 0.29) is 0 Å². The molecule has 29 heavy (non-hydrogen) atoms. The molecule has 0 spiro atoms. The first-order valence-corrected chi connectivity index (χ1v) is 9.63. The number of unbranched alkanes of at least 4 members (excludes halogenated alkanes) is 1. The predicted octanol–water partition coefficient (Wildman–Crippen LogP) is 5.87. The van der Waals surface area contributed by atoms with Gasteiger partial charge < -0.3 is 4.74 Å². The molecular formula is C25H22N2O2. The molecule has 0 amide bonds. The van der Waals surface area contributed by atoms with Crippen LogP contribution in [0.15, 0.2) is 77.8 Å². The highest BCUT2D eigenvalue weighted by atomic mass is 16.5. The van der Waals surface area contributed by atoms with Gasteiger partial charge in [-0.25, -0.2) is 4.79 Å². The fourth-order valence-corrected chi connectivity index (χ4v) is 2.75. The van der Waals surface area contributed by atoms with Crippen molar-refractivity contribution in [2.45, 2.75) is 26.2 Å². The van der Waals surface area contributed by atoms with Crippen LogP contribution in [0.4, 0.5) is 5.69 Å². The first-order chi connectivity index (χ1) is 14.2. The number of carbonyl (C=O) groups is 1. The minimum atomic E-state index is -0.459. The molecule has 0 heterocycles. The van der Waals surface area contributed by atoms with Gasteiger partial charge in [-0.15, -0.1) is 0 Å². The number of ether oxygens (including phenoxy) is 1. The topological polar surface area (TPSA) is 62.4 Å². The van der Waals surface area contributed by atoms with Gasteiger partial charge in [0.05, 0.1) is 22.9 Å². The van der Waals surface area contributed by atoms with Crippen LogP contribution in [-0.4, -0.2) is 12.2 Å². The van der Waals surface area contributed by atoms with E-state index in [4.69, 9.17) is 10.00 Å². The third-order valence-corrected chi connectivity index (χ3v) is 4.46. The third-order valence-electron chi connectivity index (χ3n) is 4.46.